The van der Waals surface area contributed by atoms with Gasteiger partial charge in [-0.15, -0.1) is 0 Å². The molecule has 2 fully saturated rings. The first-order valence-corrected chi connectivity index (χ1v) is 9.04. The van der Waals surface area contributed by atoms with E-state index in [2.05, 4.69) is 25.8 Å². The molecular formula is C19H23N7. The molecule has 7 nitrogen and oxygen atoms in total. The summed E-state index contributed by atoms with van der Waals surface area (Å²) in [6.45, 7) is 2.79. The van der Waals surface area contributed by atoms with Crippen molar-refractivity contribution in [2.75, 3.05) is 48.4 Å². The number of pyridine rings is 1. The molecule has 4 heterocycles. The highest BCUT2D eigenvalue weighted by Gasteiger charge is 2.40. The van der Waals surface area contributed by atoms with E-state index in [1.807, 2.05) is 43.4 Å². The minimum Gasteiger partial charge on any atom is -0.363 e. The number of aromatic nitrogens is 3. The lowest BCUT2D eigenvalue weighted by molar-refractivity contribution is 0.387. The van der Waals surface area contributed by atoms with Gasteiger partial charge < -0.3 is 14.7 Å². The molecule has 2 aliphatic rings. The Morgan fingerprint density at radius 1 is 1.15 bits per heavy atom. The molecule has 2 aromatic heterocycles. The summed E-state index contributed by atoms with van der Waals surface area (Å²) in [5.74, 6) is 3.14. The lowest BCUT2D eigenvalue weighted by Crippen LogP contribution is -2.49. The predicted octanol–water partition coefficient (Wildman–Crippen LogP) is 1.91. The SMILES string of the molecule is CN(C)c1ccnc(N2CCC3CCN(c4ncccc4C#N)C3C2)n1. The zero-order chi connectivity index (χ0) is 18.1. The van der Waals surface area contributed by atoms with Crippen LogP contribution in [-0.4, -0.2) is 54.7 Å². The highest BCUT2D eigenvalue weighted by Crippen LogP contribution is 2.36. The summed E-state index contributed by atoms with van der Waals surface area (Å²) in [4.78, 5) is 20.3. The number of hydrogen-bond acceptors (Lipinski definition) is 7. The second kappa shape index (κ2) is 6.79. The first-order valence-electron chi connectivity index (χ1n) is 9.04. The number of nitrogens with zero attached hydrogens (tertiary/aromatic N) is 7. The Kier molecular flexibility index (Phi) is 4.33. The van der Waals surface area contributed by atoms with Crippen LogP contribution in [0.25, 0.3) is 0 Å². The fourth-order valence-electron chi connectivity index (χ4n) is 4.04. The maximum Gasteiger partial charge on any atom is 0.227 e. The monoisotopic (exact) mass is 349 g/mol. The largest absolute Gasteiger partial charge is 0.363 e. The van der Waals surface area contributed by atoms with Gasteiger partial charge in [-0.3, -0.25) is 0 Å². The fourth-order valence-corrected chi connectivity index (χ4v) is 4.04. The third-order valence-electron chi connectivity index (χ3n) is 5.41. The van der Waals surface area contributed by atoms with Gasteiger partial charge in [0.2, 0.25) is 5.95 Å². The molecule has 2 unspecified atom stereocenters. The van der Waals surface area contributed by atoms with Gasteiger partial charge in [-0.05, 0) is 37.0 Å². The summed E-state index contributed by atoms with van der Waals surface area (Å²) in [6, 6.07) is 8.22. The van der Waals surface area contributed by atoms with E-state index in [1.54, 1.807) is 6.20 Å². The predicted molar refractivity (Wildman–Crippen MR) is 101 cm³/mol. The van der Waals surface area contributed by atoms with E-state index >= 15 is 0 Å². The first kappa shape index (κ1) is 16.6. The van der Waals surface area contributed by atoms with Crippen molar-refractivity contribution >= 4 is 17.6 Å². The van der Waals surface area contributed by atoms with E-state index in [1.165, 1.54) is 0 Å². The molecule has 2 aliphatic heterocycles. The first-order chi connectivity index (χ1) is 12.7. The zero-order valence-electron chi connectivity index (χ0n) is 15.2. The van der Waals surface area contributed by atoms with Crippen LogP contribution in [0, 0.1) is 17.2 Å². The Hall–Kier alpha value is -2.88. The summed E-state index contributed by atoms with van der Waals surface area (Å²) in [7, 11) is 3.98. The Bertz CT molecular complexity index is 829. The van der Waals surface area contributed by atoms with Gasteiger partial charge in [0.15, 0.2) is 0 Å². The standard InChI is InChI=1S/C19H23N7/c1-24(2)17-5-9-22-19(23-17)25-10-6-14-7-11-26(16(14)13-25)18-15(12-20)4-3-8-21-18/h3-5,8-9,14,16H,6-7,10-11,13H2,1-2H3. The summed E-state index contributed by atoms with van der Waals surface area (Å²) in [5, 5.41) is 9.44. The molecule has 0 N–H and O–H groups in total. The summed E-state index contributed by atoms with van der Waals surface area (Å²) in [5.41, 5.74) is 0.649. The number of nitriles is 1. The highest BCUT2D eigenvalue weighted by molar-refractivity contribution is 5.56. The van der Waals surface area contributed by atoms with Gasteiger partial charge in [0.25, 0.3) is 0 Å². The van der Waals surface area contributed by atoms with Gasteiger partial charge in [0, 0.05) is 46.1 Å². The molecule has 0 aromatic carbocycles. The van der Waals surface area contributed by atoms with Gasteiger partial charge in [-0.2, -0.15) is 10.2 Å². The van der Waals surface area contributed by atoms with Crippen LogP contribution < -0.4 is 14.7 Å². The van der Waals surface area contributed by atoms with Gasteiger partial charge in [-0.25, -0.2) is 9.97 Å². The van der Waals surface area contributed by atoms with Crippen LogP contribution in [0.3, 0.4) is 0 Å². The number of fused-ring (bicyclic) bond motifs is 1. The number of hydrogen-bond donors (Lipinski definition) is 0. The maximum absolute atomic E-state index is 9.44. The van der Waals surface area contributed by atoms with Gasteiger partial charge >= 0.3 is 0 Å². The van der Waals surface area contributed by atoms with Crippen LogP contribution in [-0.2, 0) is 0 Å². The van der Waals surface area contributed by atoms with Gasteiger partial charge in [0.05, 0.1) is 11.6 Å². The second-order valence-corrected chi connectivity index (χ2v) is 7.14. The van der Waals surface area contributed by atoms with Crippen molar-refractivity contribution in [3.63, 3.8) is 0 Å². The average Bonchev–Trinajstić information content (AvgIpc) is 3.11. The van der Waals surface area contributed by atoms with Crippen LogP contribution in [0.5, 0.6) is 0 Å². The van der Waals surface area contributed by atoms with Crippen molar-refractivity contribution in [3.05, 3.63) is 36.2 Å². The quantitative estimate of drug-likeness (QED) is 0.838. The van der Waals surface area contributed by atoms with E-state index in [-0.39, 0.29) is 0 Å². The molecule has 0 radical (unpaired) electrons. The third kappa shape index (κ3) is 2.92. The molecule has 0 saturated carbocycles. The third-order valence-corrected chi connectivity index (χ3v) is 5.41. The minimum absolute atomic E-state index is 0.345. The Morgan fingerprint density at radius 2 is 2.00 bits per heavy atom. The molecule has 0 aliphatic carbocycles. The number of piperidine rings is 1. The van der Waals surface area contributed by atoms with Crippen LogP contribution in [0.15, 0.2) is 30.6 Å². The maximum atomic E-state index is 9.44. The Morgan fingerprint density at radius 3 is 2.81 bits per heavy atom. The molecule has 2 aromatic rings. The molecular weight excluding hydrogens is 326 g/mol. The van der Waals surface area contributed by atoms with E-state index < -0.39 is 0 Å². The molecule has 2 atom stereocenters. The van der Waals surface area contributed by atoms with Crippen LogP contribution in [0.1, 0.15) is 18.4 Å². The summed E-state index contributed by atoms with van der Waals surface area (Å²) < 4.78 is 0. The molecule has 0 spiro atoms. The fraction of sp³-hybridized carbons (Fsp3) is 0.474. The lowest BCUT2D eigenvalue weighted by Gasteiger charge is -2.39. The van der Waals surface area contributed by atoms with Crippen molar-refractivity contribution in [1.82, 2.24) is 15.0 Å². The van der Waals surface area contributed by atoms with Crippen molar-refractivity contribution in [1.29, 1.82) is 5.26 Å². The smallest absolute Gasteiger partial charge is 0.227 e. The molecule has 2 saturated heterocycles. The van der Waals surface area contributed by atoms with Gasteiger partial charge in [0.1, 0.15) is 17.7 Å². The average molecular weight is 349 g/mol. The van der Waals surface area contributed by atoms with Crippen molar-refractivity contribution in [3.8, 4) is 6.07 Å². The van der Waals surface area contributed by atoms with Crippen LogP contribution >= 0.6 is 0 Å². The molecule has 134 valence electrons. The Labute approximate surface area is 153 Å². The number of anilines is 3. The molecule has 7 heteroatoms. The molecule has 0 bridgehead atoms. The molecule has 26 heavy (non-hydrogen) atoms. The van der Waals surface area contributed by atoms with E-state index in [9.17, 15) is 5.26 Å². The summed E-state index contributed by atoms with van der Waals surface area (Å²) >= 11 is 0. The van der Waals surface area contributed by atoms with Gasteiger partial charge in [-0.1, -0.05) is 0 Å². The zero-order valence-corrected chi connectivity index (χ0v) is 15.2. The second-order valence-electron chi connectivity index (χ2n) is 7.14. The summed E-state index contributed by atoms with van der Waals surface area (Å²) in [6.07, 6.45) is 5.86. The lowest BCUT2D eigenvalue weighted by atomic mass is 9.92. The van der Waals surface area contributed by atoms with Crippen LogP contribution in [0.2, 0.25) is 0 Å². The van der Waals surface area contributed by atoms with Crippen molar-refractivity contribution in [2.45, 2.75) is 18.9 Å². The highest BCUT2D eigenvalue weighted by atomic mass is 15.3. The van der Waals surface area contributed by atoms with E-state index in [0.29, 0.717) is 17.5 Å². The Balaban J connectivity index is 1.59. The van der Waals surface area contributed by atoms with E-state index in [4.69, 9.17) is 4.98 Å². The van der Waals surface area contributed by atoms with Crippen LogP contribution in [0.4, 0.5) is 17.6 Å². The normalized spacial score (nSPS) is 22.0. The number of rotatable bonds is 3. The molecule has 0 amide bonds. The molecule has 4 rings (SSSR count). The topological polar surface area (TPSA) is 72.2 Å². The van der Waals surface area contributed by atoms with Crippen molar-refractivity contribution < 1.29 is 0 Å². The minimum atomic E-state index is 0.345. The van der Waals surface area contributed by atoms with E-state index in [0.717, 1.165) is 50.1 Å². The van der Waals surface area contributed by atoms with Crippen molar-refractivity contribution in [2.24, 2.45) is 5.92 Å².